The van der Waals surface area contributed by atoms with Crippen LogP contribution in [0.1, 0.15) is 16.7 Å². The molecule has 0 aliphatic heterocycles. The molecule has 4 nitrogen and oxygen atoms in total. The zero-order valence-electron chi connectivity index (χ0n) is 17.4. The number of thiazole rings is 1. The van der Waals surface area contributed by atoms with Crippen LogP contribution in [0.5, 0.6) is 0 Å². The molecule has 0 aliphatic rings. The minimum atomic E-state index is -0.0446. The standard InChI is InChI=1S/C24H19Cl2N3OS2/c1-14-4-3-5-15(2)23(14)29-22(30)13-31-24-28-20-9-8-18(11-21(20)32-24)27-12-16-6-7-17(25)10-19(16)26/h3-12H,13H2,1-2H3,(H,29,30). The Hall–Kier alpha value is -2.38. The van der Waals surface area contributed by atoms with Gasteiger partial charge in [-0.05, 0) is 55.3 Å². The van der Waals surface area contributed by atoms with Gasteiger partial charge in [0.1, 0.15) is 0 Å². The Morgan fingerprint density at radius 3 is 2.66 bits per heavy atom. The molecule has 1 amide bonds. The van der Waals surface area contributed by atoms with Gasteiger partial charge in [-0.3, -0.25) is 9.79 Å². The van der Waals surface area contributed by atoms with Crippen LogP contribution in [0.15, 0.2) is 63.9 Å². The van der Waals surface area contributed by atoms with Gasteiger partial charge in [-0.1, -0.05) is 59.2 Å². The van der Waals surface area contributed by atoms with E-state index in [4.69, 9.17) is 23.2 Å². The molecule has 0 unspecified atom stereocenters. The van der Waals surface area contributed by atoms with Gasteiger partial charge in [0.15, 0.2) is 4.34 Å². The van der Waals surface area contributed by atoms with E-state index >= 15 is 0 Å². The van der Waals surface area contributed by atoms with Gasteiger partial charge >= 0.3 is 0 Å². The summed E-state index contributed by atoms with van der Waals surface area (Å²) in [5.74, 6) is 0.255. The highest BCUT2D eigenvalue weighted by Crippen LogP contribution is 2.32. The molecule has 8 heteroatoms. The van der Waals surface area contributed by atoms with Crippen molar-refractivity contribution in [3.63, 3.8) is 0 Å². The first-order chi connectivity index (χ1) is 15.4. The molecule has 0 saturated heterocycles. The predicted octanol–water partition coefficient (Wildman–Crippen LogP) is 7.70. The van der Waals surface area contributed by atoms with Crippen LogP contribution in [-0.2, 0) is 4.79 Å². The Morgan fingerprint density at radius 1 is 1.12 bits per heavy atom. The molecule has 4 rings (SSSR count). The smallest absolute Gasteiger partial charge is 0.234 e. The van der Waals surface area contributed by atoms with E-state index in [2.05, 4.69) is 15.3 Å². The third-order valence-electron chi connectivity index (χ3n) is 4.74. The molecule has 0 fully saturated rings. The van der Waals surface area contributed by atoms with E-state index in [-0.39, 0.29) is 5.91 Å². The number of hydrogen-bond acceptors (Lipinski definition) is 5. The van der Waals surface area contributed by atoms with E-state index in [0.717, 1.165) is 42.6 Å². The van der Waals surface area contributed by atoms with Crippen molar-refractivity contribution in [1.82, 2.24) is 4.98 Å². The van der Waals surface area contributed by atoms with Gasteiger partial charge in [-0.25, -0.2) is 4.98 Å². The van der Waals surface area contributed by atoms with Crippen molar-refractivity contribution < 1.29 is 4.79 Å². The Bertz CT molecular complexity index is 1310. The van der Waals surface area contributed by atoms with Crippen LogP contribution < -0.4 is 5.32 Å². The van der Waals surface area contributed by atoms with Crippen molar-refractivity contribution in [2.75, 3.05) is 11.1 Å². The van der Waals surface area contributed by atoms with E-state index in [9.17, 15) is 4.79 Å². The summed E-state index contributed by atoms with van der Waals surface area (Å²) < 4.78 is 1.86. The molecule has 0 radical (unpaired) electrons. The summed E-state index contributed by atoms with van der Waals surface area (Å²) >= 11 is 15.1. The molecule has 0 bridgehead atoms. The normalized spacial score (nSPS) is 11.4. The molecule has 0 atom stereocenters. The number of carbonyl (C=O) groups excluding carboxylic acids is 1. The Morgan fingerprint density at radius 2 is 1.91 bits per heavy atom. The summed E-state index contributed by atoms with van der Waals surface area (Å²) in [6.45, 7) is 3.98. The van der Waals surface area contributed by atoms with Crippen LogP contribution in [0.2, 0.25) is 10.0 Å². The van der Waals surface area contributed by atoms with Gasteiger partial charge in [0.2, 0.25) is 5.91 Å². The van der Waals surface area contributed by atoms with Crippen LogP contribution in [0.4, 0.5) is 11.4 Å². The maximum absolute atomic E-state index is 12.4. The number of amides is 1. The first-order valence-electron chi connectivity index (χ1n) is 9.77. The van der Waals surface area contributed by atoms with Crippen molar-refractivity contribution in [3.05, 3.63) is 81.3 Å². The monoisotopic (exact) mass is 499 g/mol. The Kier molecular flexibility index (Phi) is 7.16. The molecular weight excluding hydrogens is 481 g/mol. The highest BCUT2D eigenvalue weighted by molar-refractivity contribution is 8.01. The number of aromatic nitrogens is 1. The largest absolute Gasteiger partial charge is 0.325 e. The fraction of sp³-hybridized carbons (Fsp3) is 0.125. The van der Waals surface area contributed by atoms with Crippen molar-refractivity contribution in [3.8, 4) is 0 Å². The number of rotatable bonds is 6. The molecule has 1 heterocycles. The summed E-state index contributed by atoms with van der Waals surface area (Å²) in [6, 6.07) is 17.1. The topological polar surface area (TPSA) is 54.4 Å². The molecule has 3 aromatic carbocycles. The van der Waals surface area contributed by atoms with Crippen LogP contribution in [0.3, 0.4) is 0 Å². The minimum absolute atomic E-state index is 0.0446. The number of nitrogens with one attached hydrogen (secondary N) is 1. The van der Waals surface area contributed by atoms with Crippen LogP contribution in [0.25, 0.3) is 10.2 Å². The summed E-state index contributed by atoms with van der Waals surface area (Å²) in [7, 11) is 0. The van der Waals surface area contributed by atoms with Gasteiger partial charge in [0.25, 0.3) is 0 Å². The second kappa shape index (κ2) is 10.0. The third-order valence-corrected chi connectivity index (χ3v) is 7.46. The minimum Gasteiger partial charge on any atom is -0.325 e. The zero-order chi connectivity index (χ0) is 22.7. The van der Waals surface area contributed by atoms with E-state index < -0.39 is 0 Å². The van der Waals surface area contributed by atoms with E-state index in [1.807, 2.05) is 56.3 Å². The summed E-state index contributed by atoms with van der Waals surface area (Å²) in [4.78, 5) is 21.6. The lowest BCUT2D eigenvalue weighted by Gasteiger charge is -2.10. The number of anilines is 1. The van der Waals surface area contributed by atoms with Crippen LogP contribution in [-0.4, -0.2) is 22.9 Å². The SMILES string of the molecule is Cc1cccc(C)c1NC(=O)CSc1nc2ccc(N=Cc3ccc(Cl)cc3Cl)cc2s1. The van der Waals surface area contributed by atoms with Gasteiger partial charge < -0.3 is 5.32 Å². The number of fused-ring (bicyclic) bond motifs is 1. The molecule has 1 N–H and O–H groups in total. The van der Waals surface area contributed by atoms with Gasteiger partial charge in [-0.15, -0.1) is 11.3 Å². The van der Waals surface area contributed by atoms with Gasteiger partial charge in [-0.2, -0.15) is 0 Å². The average Bonchev–Trinajstić information content (AvgIpc) is 3.16. The average molecular weight is 500 g/mol. The second-order valence-electron chi connectivity index (χ2n) is 7.16. The van der Waals surface area contributed by atoms with E-state index in [1.54, 1.807) is 29.7 Å². The Labute approximate surface area is 204 Å². The van der Waals surface area contributed by atoms with Gasteiger partial charge in [0, 0.05) is 22.5 Å². The lowest BCUT2D eigenvalue weighted by atomic mass is 10.1. The number of aryl methyl sites for hydroxylation is 2. The van der Waals surface area contributed by atoms with Crippen molar-refractivity contribution in [2.45, 2.75) is 18.2 Å². The fourth-order valence-electron chi connectivity index (χ4n) is 3.10. The zero-order valence-corrected chi connectivity index (χ0v) is 20.5. The number of halogens is 2. The summed E-state index contributed by atoms with van der Waals surface area (Å²) in [5.41, 5.74) is 5.47. The number of hydrogen-bond donors (Lipinski definition) is 1. The van der Waals surface area contributed by atoms with Crippen molar-refractivity contribution >= 4 is 80.0 Å². The molecule has 162 valence electrons. The van der Waals surface area contributed by atoms with Crippen molar-refractivity contribution in [1.29, 1.82) is 0 Å². The van der Waals surface area contributed by atoms with Crippen LogP contribution in [0, 0.1) is 13.8 Å². The summed E-state index contributed by atoms with van der Waals surface area (Å²) in [5, 5.41) is 4.15. The highest BCUT2D eigenvalue weighted by atomic mass is 35.5. The van der Waals surface area contributed by atoms with E-state index in [0.29, 0.717) is 15.8 Å². The lowest BCUT2D eigenvalue weighted by molar-refractivity contribution is -0.113. The number of benzene rings is 3. The van der Waals surface area contributed by atoms with Crippen LogP contribution >= 0.6 is 46.3 Å². The molecular formula is C24H19Cl2N3OS2. The molecule has 0 aliphatic carbocycles. The first-order valence-corrected chi connectivity index (χ1v) is 12.3. The molecule has 4 aromatic rings. The number of thioether (sulfide) groups is 1. The summed E-state index contributed by atoms with van der Waals surface area (Å²) in [6.07, 6.45) is 1.72. The number of carbonyl (C=O) groups is 1. The maximum atomic E-state index is 12.4. The maximum Gasteiger partial charge on any atom is 0.234 e. The number of aliphatic imine (C=N–C) groups is 1. The fourth-order valence-corrected chi connectivity index (χ4v) is 5.46. The van der Waals surface area contributed by atoms with Gasteiger partial charge in [0.05, 0.1) is 26.7 Å². The predicted molar refractivity (Wildman–Crippen MR) is 139 cm³/mol. The quantitative estimate of drug-likeness (QED) is 0.218. The molecule has 1 aromatic heterocycles. The van der Waals surface area contributed by atoms with E-state index in [1.165, 1.54) is 11.8 Å². The molecule has 0 spiro atoms. The lowest BCUT2D eigenvalue weighted by Crippen LogP contribution is -2.15. The first kappa shape index (κ1) is 22.8. The number of nitrogens with zero attached hydrogens (tertiary/aromatic N) is 2. The Balaban J connectivity index is 1.42. The van der Waals surface area contributed by atoms with Crippen molar-refractivity contribution in [2.24, 2.45) is 4.99 Å². The molecule has 32 heavy (non-hydrogen) atoms. The second-order valence-corrected chi connectivity index (χ2v) is 10.3. The third kappa shape index (κ3) is 5.51. The highest BCUT2D eigenvalue weighted by Gasteiger charge is 2.11. The molecule has 0 saturated carbocycles. The number of para-hydroxylation sites is 1.